The maximum Gasteiger partial charge on any atom is 0.161 e. The van der Waals surface area contributed by atoms with E-state index in [9.17, 15) is 0 Å². The monoisotopic (exact) mass is 306 g/mol. The van der Waals surface area contributed by atoms with E-state index < -0.39 is 0 Å². The fourth-order valence-electron chi connectivity index (χ4n) is 2.05. The summed E-state index contributed by atoms with van der Waals surface area (Å²) in [7, 11) is 1.65. The minimum absolute atomic E-state index is 0.465. The molecule has 0 amide bonds. The Hall–Kier alpha value is -1.59. The molecule has 2 rings (SSSR count). The molecule has 0 bridgehead atoms. The van der Waals surface area contributed by atoms with Crippen LogP contribution in [0.2, 0.25) is 0 Å². The average Bonchev–Trinajstić information content (AvgIpc) is 2.94. The number of ether oxygens (including phenoxy) is 2. The molecule has 5 heteroatoms. The summed E-state index contributed by atoms with van der Waals surface area (Å²) in [5.74, 6) is 1.48. The van der Waals surface area contributed by atoms with Crippen LogP contribution < -0.4 is 15.2 Å². The van der Waals surface area contributed by atoms with Gasteiger partial charge in [0.05, 0.1) is 17.8 Å². The lowest BCUT2D eigenvalue weighted by atomic mass is 10.1. The van der Waals surface area contributed by atoms with Crippen molar-refractivity contribution in [3.63, 3.8) is 0 Å². The van der Waals surface area contributed by atoms with Crippen LogP contribution in [0.25, 0.3) is 0 Å². The van der Waals surface area contributed by atoms with E-state index >= 15 is 0 Å². The molecular weight excluding hydrogens is 284 g/mol. The summed E-state index contributed by atoms with van der Waals surface area (Å²) in [6.07, 6.45) is 2.98. The predicted molar refractivity (Wildman–Crippen MR) is 86.2 cm³/mol. The van der Waals surface area contributed by atoms with Crippen molar-refractivity contribution in [1.82, 2.24) is 4.98 Å². The van der Waals surface area contributed by atoms with E-state index in [0.29, 0.717) is 13.2 Å². The second kappa shape index (κ2) is 8.00. The maximum atomic E-state index is 5.83. The standard InChI is InChI=1S/C16H22N2O2S/c1-3-4-16-18-13(11-21-16)10-20-14-6-5-12(7-8-17)9-15(14)19-2/h5-6,9,11H,3-4,7-8,10,17H2,1-2H3. The molecule has 114 valence electrons. The third kappa shape index (κ3) is 4.44. The van der Waals surface area contributed by atoms with E-state index in [4.69, 9.17) is 15.2 Å². The molecule has 0 aliphatic heterocycles. The zero-order valence-corrected chi connectivity index (χ0v) is 13.4. The van der Waals surface area contributed by atoms with Crippen LogP contribution in [0.3, 0.4) is 0 Å². The van der Waals surface area contributed by atoms with Crippen LogP contribution in [0, 0.1) is 0 Å². The Bertz CT molecular complexity index is 569. The first-order valence-electron chi connectivity index (χ1n) is 7.19. The highest BCUT2D eigenvalue weighted by Gasteiger charge is 2.08. The topological polar surface area (TPSA) is 57.4 Å². The Morgan fingerprint density at radius 1 is 1.24 bits per heavy atom. The molecule has 0 atom stereocenters. The van der Waals surface area contributed by atoms with E-state index in [1.165, 1.54) is 5.01 Å². The Labute approximate surface area is 129 Å². The zero-order chi connectivity index (χ0) is 15.1. The molecule has 1 aromatic heterocycles. The molecule has 21 heavy (non-hydrogen) atoms. The van der Waals surface area contributed by atoms with Gasteiger partial charge in [-0.15, -0.1) is 11.3 Å². The number of aryl methyl sites for hydroxylation is 1. The number of methoxy groups -OCH3 is 1. The van der Waals surface area contributed by atoms with Crippen molar-refractivity contribution >= 4 is 11.3 Å². The Balaban J connectivity index is 2.01. The Morgan fingerprint density at radius 3 is 2.81 bits per heavy atom. The van der Waals surface area contributed by atoms with E-state index in [0.717, 1.165) is 42.0 Å². The molecule has 1 heterocycles. The quantitative estimate of drug-likeness (QED) is 0.814. The van der Waals surface area contributed by atoms with Crippen molar-refractivity contribution < 1.29 is 9.47 Å². The number of rotatable bonds is 8. The van der Waals surface area contributed by atoms with Gasteiger partial charge in [-0.3, -0.25) is 0 Å². The van der Waals surface area contributed by atoms with Crippen LogP contribution in [0.1, 0.15) is 29.6 Å². The minimum Gasteiger partial charge on any atom is -0.493 e. The number of nitrogens with zero attached hydrogens (tertiary/aromatic N) is 1. The molecule has 0 saturated heterocycles. The molecule has 0 unspecified atom stereocenters. The van der Waals surface area contributed by atoms with Gasteiger partial charge in [-0.05, 0) is 43.5 Å². The van der Waals surface area contributed by atoms with Crippen LogP contribution in [-0.2, 0) is 19.4 Å². The Morgan fingerprint density at radius 2 is 2.10 bits per heavy atom. The fourth-order valence-corrected chi connectivity index (χ4v) is 2.93. The predicted octanol–water partition coefficient (Wildman–Crippen LogP) is 3.18. The smallest absolute Gasteiger partial charge is 0.161 e. The number of thiazole rings is 1. The summed E-state index contributed by atoms with van der Waals surface area (Å²) in [6.45, 7) is 3.25. The number of benzene rings is 1. The number of hydrogen-bond donors (Lipinski definition) is 1. The first kappa shape index (κ1) is 15.8. The van der Waals surface area contributed by atoms with E-state index in [-0.39, 0.29) is 0 Å². The van der Waals surface area contributed by atoms with Crippen LogP contribution in [0.5, 0.6) is 11.5 Å². The van der Waals surface area contributed by atoms with Gasteiger partial charge in [0.15, 0.2) is 11.5 Å². The summed E-state index contributed by atoms with van der Waals surface area (Å²) >= 11 is 1.69. The molecule has 0 aliphatic carbocycles. The van der Waals surface area contributed by atoms with Crippen LogP contribution >= 0.6 is 11.3 Å². The molecule has 4 nitrogen and oxygen atoms in total. The van der Waals surface area contributed by atoms with Gasteiger partial charge >= 0.3 is 0 Å². The third-order valence-electron chi connectivity index (χ3n) is 3.10. The summed E-state index contributed by atoms with van der Waals surface area (Å²) in [4.78, 5) is 4.55. The summed E-state index contributed by atoms with van der Waals surface area (Å²) in [5, 5.41) is 3.22. The highest BCUT2D eigenvalue weighted by atomic mass is 32.1. The molecule has 0 saturated carbocycles. The van der Waals surface area contributed by atoms with Gasteiger partial charge in [0.25, 0.3) is 0 Å². The van der Waals surface area contributed by atoms with Gasteiger partial charge in [0.1, 0.15) is 6.61 Å². The first-order valence-corrected chi connectivity index (χ1v) is 8.07. The van der Waals surface area contributed by atoms with Crippen molar-refractivity contribution in [2.45, 2.75) is 32.8 Å². The van der Waals surface area contributed by atoms with Gasteiger partial charge < -0.3 is 15.2 Å². The van der Waals surface area contributed by atoms with Gasteiger partial charge in [0, 0.05) is 5.38 Å². The average molecular weight is 306 g/mol. The highest BCUT2D eigenvalue weighted by molar-refractivity contribution is 7.09. The number of aromatic nitrogens is 1. The van der Waals surface area contributed by atoms with Crippen molar-refractivity contribution in [1.29, 1.82) is 0 Å². The molecule has 2 aromatic rings. The summed E-state index contributed by atoms with van der Waals surface area (Å²) in [5.41, 5.74) is 7.69. The van der Waals surface area contributed by atoms with Crippen molar-refractivity contribution in [3.05, 3.63) is 39.8 Å². The van der Waals surface area contributed by atoms with Gasteiger partial charge in [-0.25, -0.2) is 4.98 Å². The van der Waals surface area contributed by atoms with E-state index in [1.54, 1.807) is 18.4 Å². The number of nitrogens with two attached hydrogens (primary N) is 1. The van der Waals surface area contributed by atoms with Crippen molar-refractivity contribution in [2.75, 3.05) is 13.7 Å². The molecule has 2 N–H and O–H groups in total. The highest BCUT2D eigenvalue weighted by Crippen LogP contribution is 2.29. The zero-order valence-electron chi connectivity index (χ0n) is 12.6. The molecular formula is C16H22N2O2S. The van der Waals surface area contributed by atoms with E-state index in [1.807, 2.05) is 18.2 Å². The molecule has 0 spiro atoms. The minimum atomic E-state index is 0.465. The molecule has 1 aromatic carbocycles. The summed E-state index contributed by atoms with van der Waals surface area (Å²) in [6, 6.07) is 5.93. The van der Waals surface area contributed by atoms with Crippen molar-refractivity contribution in [2.24, 2.45) is 5.73 Å². The third-order valence-corrected chi connectivity index (χ3v) is 4.06. The van der Waals surface area contributed by atoms with E-state index in [2.05, 4.69) is 17.3 Å². The van der Waals surface area contributed by atoms with Crippen LogP contribution in [0.15, 0.2) is 23.6 Å². The lowest BCUT2D eigenvalue weighted by molar-refractivity contribution is 0.281. The van der Waals surface area contributed by atoms with Crippen molar-refractivity contribution in [3.8, 4) is 11.5 Å². The number of hydrogen-bond acceptors (Lipinski definition) is 5. The van der Waals surface area contributed by atoms with Crippen LogP contribution in [-0.4, -0.2) is 18.6 Å². The fraction of sp³-hybridized carbons (Fsp3) is 0.438. The maximum absolute atomic E-state index is 5.83. The first-order chi connectivity index (χ1) is 10.3. The molecule has 0 fully saturated rings. The van der Waals surface area contributed by atoms with Gasteiger partial charge in [0.2, 0.25) is 0 Å². The normalized spacial score (nSPS) is 10.6. The summed E-state index contributed by atoms with van der Waals surface area (Å²) < 4.78 is 11.2. The largest absolute Gasteiger partial charge is 0.493 e. The second-order valence-electron chi connectivity index (χ2n) is 4.80. The lowest BCUT2D eigenvalue weighted by Crippen LogP contribution is -2.03. The van der Waals surface area contributed by atoms with Crippen LogP contribution in [0.4, 0.5) is 0 Å². The SMILES string of the molecule is CCCc1nc(COc2ccc(CCN)cc2OC)cs1. The second-order valence-corrected chi connectivity index (χ2v) is 5.74. The molecule has 0 radical (unpaired) electrons. The Kier molecular flexibility index (Phi) is 6.02. The van der Waals surface area contributed by atoms with Gasteiger partial charge in [-0.2, -0.15) is 0 Å². The lowest BCUT2D eigenvalue weighted by Gasteiger charge is -2.11. The van der Waals surface area contributed by atoms with Gasteiger partial charge in [-0.1, -0.05) is 13.0 Å². The molecule has 0 aliphatic rings.